The molecule has 0 aliphatic heterocycles. The zero-order valence-corrected chi connectivity index (χ0v) is 7.35. The van der Waals surface area contributed by atoms with Crippen LogP contribution in [-0.2, 0) is 4.79 Å². The molecule has 0 aromatic heterocycles. The van der Waals surface area contributed by atoms with Gasteiger partial charge in [0.25, 0.3) is 0 Å². The van der Waals surface area contributed by atoms with Crippen molar-refractivity contribution in [3.63, 3.8) is 0 Å². The fourth-order valence-electron chi connectivity index (χ4n) is 2.61. The minimum Gasteiger partial charge on any atom is -0.295 e. The topological polar surface area (TPSA) is 17.1 Å². The summed E-state index contributed by atoms with van der Waals surface area (Å²) in [5, 5.41) is 0. The van der Waals surface area contributed by atoms with Crippen molar-refractivity contribution in [1.82, 2.24) is 0 Å². The lowest BCUT2D eigenvalue weighted by Gasteiger charge is -2.54. The van der Waals surface area contributed by atoms with E-state index in [1.54, 1.807) is 0 Å². The van der Waals surface area contributed by atoms with Crippen LogP contribution in [0.5, 0.6) is 0 Å². The Morgan fingerprint density at radius 2 is 2.09 bits per heavy atom. The molecule has 0 radical (unpaired) electrons. The van der Waals surface area contributed by atoms with Gasteiger partial charge in [0.2, 0.25) is 0 Å². The van der Waals surface area contributed by atoms with E-state index >= 15 is 0 Å². The van der Waals surface area contributed by atoms with Crippen LogP contribution in [0.4, 0.5) is 0 Å². The maximum atomic E-state index is 11.4. The Hall–Kier alpha value is -0.590. The molecule has 3 rings (SSSR count). The SMILES string of the molecule is CC1=CC(=O)[C@@H]2C[C@@H]1C2(C)C. The molecule has 60 valence electrons. The second kappa shape index (κ2) is 1.77. The van der Waals surface area contributed by atoms with Gasteiger partial charge >= 0.3 is 0 Å². The van der Waals surface area contributed by atoms with Crippen LogP contribution in [0.2, 0.25) is 0 Å². The number of hydrogen-bond acceptors (Lipinski definition) is 1. The molecule has 1 heteroatoms. The molecule has 1 fully saturated rings. The number of allylic oxidation sites excluding steroid dienone is 2. The molecule has 3 aliphatic carbocycles. The average molecular weight is 150 g/mol. The summed E-state index contributed by atoms with van der Waals surface area (Å²) >= 11 is 0. The quantitative estimate of drug-likeness (QED) is 0.517. The highest BCUT2D eigenvalue weighted by molar-refractivity contribution is 5.95. The minimum absolute atomic E-state index is 0.260. The number of rotatable bonds is 0. The molecule has 0 N–H and O–H groups in total. The van der Waals surface area contributed by atoms with E-state index in [4.69, 9.17) is 0 Å². The molecule has 0 spiro atoms. The third-order valence-corrected chi connectivity index (χ3v) is 3.53. The highest BCUT2D eigenvalue weighted by atomic mass is 16.1. The fourth-order valence-corrected chi connectivity index (χ4v) is 2.61. The standard InChI is InChI=1S/C10H14O/c1-6-4-9(11)8-5-7(6)10(8,2)3/h4,7-8H,5H2,1-3H3/t7-,8-/m0/s1. The second-order valence-electron chi connectivity index (χ2n) is 4.45. The van der Waals surface area contributed by atoms with Crippen molar-refractivity contribution in [3.8, 4) is 0 Å². The van der Waals surface area contributed by atoms with Crippen molar-refractivity contribution >= 4 is 5.78 Å². The molecule has 0 unspecified atom stereocenters. The van der Waals surface area contributed by atoms with Gasteiger partial charge in [0.15, 0.2) is 5.78 Å². The molecule has 0 heterocycles. The van der Waals surface area contributed by atoms with Gasteiger partial charge in [-0.2, -0.15) is 0 Å². The molecule has 0 aromatic rings. The van der Waals surface area contributed by atoms with Crippen LogP contribution in [0.15, 0.2) is 11.6 Å². The van der Waals surface area contributed by atoms with Crippen molar-refractivity contribution in [3.05, 3.63) is 11.6 Å². The van der Waals surface area contributed by atoms with E-state index in [9.17, 15) is 4.79 Å². The summed E-state index contributed by atoms with van der Waals surface area (Å²) in [5.74, 6) is 1.37. The number of ketones is 1. The first-order valence-electron chi connectivity index (χ1n) is 4.25. The molecule has 2 atom stereocenters. The number of carbonyl (C=O) groups is 1. The first-order chi connectivity index (χ1) is 5.03. The van der Waals surface area contributed by atoms with Gasteiger partial charge in [-0.05, 0) is 30.8 Å². The summed E-state index contributed by atoms with van der Waals surface area (Å²) < 4.78 is 0. The molecule has 2 bridgehead atoms. The third kappa shape index (κ3) is 0.688. The lowest BCUT2D eigenvalue weighted by Crippen LogP contribution is -2.51. The fraction of sp³-hybridized carbons (Fsp3) is 0.700. The van der Waals surface area contributed by atoms with E-state index in [1.807, 2.05) is 6.08 Å². The Balaban J connectivity index is 2.42. The monoisotopic (exact) mass is 150 g/mol. The zero-order valence-electron chi connectivity index (χ0n) is 7.35. The van der Waals surface area contributed by atoms with Crippen LogP contribution in [-0.4, -0.2) is 5.78 Å². The van der Waals surface area contributed by atoms with Crippen LogP contribution in [0.1, 0.15) is 27.2 Å². The maximum Gasteiger partial charge on any atom is 0.159 e. The van der Waals surface area contributed by atoms with E-state index in [2.05, 4.69) is 20.8 Å². The largest absolute Gasteiger partial charge is 0.295 e. The van der Waals surface area contributed by atoms with Gasteiger partial charge < -0.3 is 0 Å². The predicted octanol–water partition coefficient (Wildman–Crippen LogP) is 2.18. The van der Waals surface area contributed by atoms with Crippen molar-refractivity contribution < 1.29 is 4.79 Å². The smallest absolute Gasteiger partial charge is 0.159 e. The summed E-state index contributed by atoms with van der Waals surface area (Å²) in [6, 6.07) is 0. The zero-order chi connectivity index (χ0) is 8.22. The molecule has 3 aliphatic rings. The number of fused-ring (bicyclic) bond motifs is 1. The van der Waals surface area contributed by atoms with Gasteiger partial charge in [-0.1, -0.05) is 19.4 Å². The van der Waals surface area contributed by atoms with Crippen LogP contribution < -0.4 is 0 Å². The summed E-state index contributed by atoms with van der Waals surface area (Å²) in [6.07, 6.45) is 2.94. The first-order valence-corrected chi connectivity index (χ1v) is 4.25. The molecular weight excluding hydrogens is 136 g/mol. The van der Waals surface area contributed by atoms with Crippen molar-refractivity contribution in [2.75, 3.05) is 0 Å². The normalized spacial score (nSPS) is 39.5. The van der Waals surface area contributed by atoms with Crippen molar-refractivity contribution in [2.24, 2.45) is 17.3 Å². The van der Waals surface area contributed by atoms with Gasteiger partial charge in [0.1, 0.15) is 0 Å². The molecule has 11 heavy (non-hydrogen) atoms. The van der Waals surface area contributed by atoms with Gasteiger partial charge in [-0.15, -0.1) is 0 Å². The lowest BCUT2D eigenvalue weighted by atomic mass is 9.49. The molecule has 0 amide bonds. The molecule has 1 saturated carbocycles. The van der Waals surface area contributed by atoms with E-state index < -0.39 is 0 Å². The summed E-state index contributed by atoms with van der Waals surface area (Å²) in [6.45, 7) is 6.50. The maximum absolute atomic E-state index is 11.4. The van der Waals surface area contributed by atoms with Crippen LogP contribution >= 0.6 is 0 Å². The summed E-state index contributed by atoms with van der Waals surface area (Å²) in [5.41, 5.74) is 1.55. The van der Waals surface area contributed by atoms with E-state index in [0.717, 1.165) is 6.42 Å². The Morgan fingerprint density at radius 1 is 1.45 bits per heavy atom. The van der Waals surface area contributed by atoms with Gasteiger partial charge in [0, 0.05) is 5.92 Å². The Labute approximate surface area is 67.5 Å². The number of hydrogen-bond donors (Lipinski definition) is 0. The van der Waals surface area contributed by atoms with Gasteiger partial charge in [-0.25, -0.2) is 0 Å². The van der Waals surface area contributed by atoms with E-state index in [0.29, 0.717) is 17.6 Å². The third-order valence-electron chi connectivity index (χ3n) is 3.53. The summed E-state index contributed by atoms with van der Waals surface area (Å²) in [7, 11) is 0. The van der Waals surface area contributed by atoms with Gasteiger partial charge in [0.05, 0.1) is 0 Å². The van der Waals surface area contributed by atoms with Crippen molar-refractivity contribution in [1.29, 1.82) is 0 Å². The highest BCUT2D eigenvalue weighted by Crippen LogP contribution is 2.57. The molecule has 1 nitrogen and oxygen atoms in total. The predicted molar refractivity (Wildman–Crippen MR) is 44.1 cm³/mol. The number of carbonyl (C=O) groups excluding carboxylic acids is 1. The lowest BCUT2D eigenvalue weighted by molar-refractivity contribution is -0.133. The van der Waals surface area contributed by atoms with E-state index in [-0.39, 0.29) is 5.41 Å². The van der Waals surface area contributed by atoms with Crippen LogP contribution in [0.25, 0.3) is 0 Å². The minimum atomic E-state index is 0.260. The second-order valence-corrected chi connectivity index (χ2v) is 4.45. The Kier molecular flexibility index (Phi) is 1.14. The average Bonchev–Trinajstić information content (AvgIpc) is 1.84. The van der Waals surface area contributed by atoms with E-state index in [1.165, 1.54) is 5.57 Å². The molecular formula is C10H14O. The molecule has 0 saturated heterocycles. The Bertz CT molecular complexity index is 248. The highest BCUT2D eigenvalue weighted by Gasteiger charge is 2.54. The Morgan fingerprint density at radius 3 is 2.45 bits per heavy atom. The van der Waals surface area contributed by atoms with Crippen LogP contribution in [0.3, 0.4) is 0 Å². The summed E-state index contributed by atoms with van der Waals surface area (Å²) in [4.78, 5) is 11.4. The van der Waals surface area contributed by atoms with Crippen LogP contribution in [0, 0.1) is 17.3 Å². The van der Waals surface area contributed by atoms with Crippen molar-refractivity contribution in [2.45, 2.75) is 27.2 Å². The first kappa shape index (κ1) is 7.08. The molecule has 0 aromatic carbocycles. The van der Waals surface area contributed by atoms with Gasteiger partial charge in [-0.3, -0.25) is 4.79 Å².